The molecule has 8 heteroatoms. The van der Waals surface area contributed by atoms with Crippen molar-refractivity contribution in [1.82, 2.24) is 10.6 Å². The van der Waals surface area contributed by atoms with Crippen LogP contribution in [0.2, 0.25) is 0 Å². The summed E-state index contributed by atoms with van der Waals surface area (Å²) in [5.41, 5.74) is 5.43. The third-order valence-electron chi connectivity index (χ3n) is 4.02. The molecule has 3 atom stereocenters. The molecule has 1 aliphatic rings. The average molecular weight is 343 g/mol. The van der Waals surface area contributed by atoms with Gasteiger partial charge in [-0.1, -0.05) is 20.8 Å². The molecule has 0 aromatic rings. The second-order valence-corrected chi connectivity index (χ2v) is 7.41. The molecule has 0 heterocycles. The van der Waals surface area contributed by atoms with Gasteiger partial charge in [0.25, 0.3) is 0 Å². The maximum Gasteiger partial charge on any atom is 0.305 e. The molecule has 0 spiro atoms. The van der Waals surface area contributed by atoms with Crippen LogP contribution in [0.4, 0.5) is 0 Å². The number of hydrogen-bond acceptors (Lipinski definition) is 5. The van der Waals surface area contributed by atoms with E-state index < -0.39 is 30.4 Å². The average Bonchev–Trinajstić information content (AvgIpc) is 3.26. The molecule has 1 aliphatic carbocycles. The largest absolute Gasteiger partial charge is 0.481 e. The first kappa shape index (κ1) is 20.4. The topological polar surface area (TPSA) is 131 Å². The Morgan fingerprint density at radius 2 is 1.79 bits per heavy atom. The van der Waals surface area contributed by atoms with Crippen LogP contribution in [-0.4, -0.2) is 54.7 Å². The van der Waals surface area contributed by atoms with E-state index in [4.69, 9.17) is 15.6 Å². The smallest absolute Gasteiger partial charge is 0.305 e. The Labute approximate surface area is 142 Å². The molecule has 0 aliphatic heterocycles. The second kappa shape index (κ2) is 8.43. The molecule has 1 saturated carbocycles. The van der Waals surface area contributed by atoms with E-state index in [1.165, 1.54) is 7.11 Å². The van der Waals surface area contributed by atoms with Gasteiger partial charge in [0, 0.05) is 13.2 Å². The van der Waals surface area contributed by atoms with Gasteiger partial charge < -0.3 is 26.2 Å². The van der Waals surface area contributed by atoms with Gasteiger partial charge in [-0.25, -0.2) is 0 Å². The molecule has 0 aromatic heterocycles. The summed E-state index contributed by atoms with van der Waals surface area (Å²) >= 11 is 0. The molecule has 0 bridgehead atoms. The van der Waals surface area contributed by atoms with Gasteiger partial charge in [-0.15, -0.1) is 0 Å². The summed E-state index contributed by atoms with van der Waals surface area (Å²) in [5.74, 6) is -1.76. The summed E-state index contributed by atoms with van der Waals surface area (Å²) in [7, 11) is 1.42. The van der Waals surface area contributed by atoms with Crippen molar-refractivity contribution in [3.8, 4) is 0 Å². The fourth-order valence-corrected chi connectivity index (χ4v) is 2.63. The van der Waals surface area contributed by atoms with Crippen LogP contribution in [0, 0.1) is 11.3 Å². The summed E-state index contributed by atoms with van der Waals surface area (Å²) in [6, 6.07) is -2.11. The van der Waals surface area contributed by atoms with Crippen molar-refractivity contribution in [2.24, 2.45) is 17.1 Å². The van der Waals surface area contributed by atoms with E-state index in [9.17, 15) is 14.4 Å². The number of carboxylic acids is 1. The summed E-state index contributed by atoms with van der Waals surface area (Å²) in [6.07, 6.45) is 1.65. The lowest BCUT2D eigenvalue weighted by Gasteiger charge is -2.33. The van der Waals surface area contributed by atoms with Gasteiger partial charge in [-0.3, -0.25) is 14.4 Å². The molecule has 0 aromatic carbocycles. The fraction of sp³-hybridized carbons (Fsp3) is 0.812. The summed E-state index contributed by atoms with van der Waals surface area (Å²) in [5, 5.41) is 14.2. The third kappa shape index (κ3) is 6.45. The first-order chi connectivity index (χ1) is 11.1. The number of carboxylic acid groups (broad SMARTS) is 1. The Balaban J connectivity index is 2.70. The number of carbonyl (C=O) groups is 3. The molecule has 1 fully saturated rings. The van der Waals surface area contributed by atoms with Crippen molar-refractivity contribution >= 4 is 17.8 Å². The van der Waals surface area contributed by atoms with E-state index in [2.05, 4.69) is 31.4 Å². The molecule has 2 amide bonds. The standard InChI is InChI=1S/C16H29N3O5/c1-16(2,3)13(9-5-6-9)19-15(23)11(8-24-4)18-14(22)10(17)7-12(20)21/h9-11,13H,5-8,17H2,1-4H3,(H,18,22)(H,19,23)(H,20,21)/t10-,11-,13?/m0/s1. The van der Waals surface area contributed by atoms with Crippen molar-refractivity contribution < 1.29 is 24.2 Å². The molecule has 138 valence electrons. The molecule has 5 N–H and O–H groups in total. The number of amides is 2. The minimum atomic E-state index is -1.21. The highest BCUT2D eigenvalue weighted by Crippen LogP contribution is 2.40. The van der Waals surface area contributed by atoms with Crippen molar-refractivity contribution in [3.05, 3.63) is 0 Å². The van der Waals surface area contributed by atoms with E-state index >= 15 is 0 Å². The van der Waals surface area contributed by atoms with Crippen molar-refractivity contribution in [2.75, 3.05) is 13.7 Å². The highest BCUT2D eigenvalue weighted by atomic mass is 16.5. The fourth-order valence-electron chi connectivity index (χ4n) is 2.63. The first-order valence-corrected chi connectivity index (χ1v) is 8.13. The van der Waals surface area contributed by atoms with Crippen molar-refractivity contribution in [1.29, 1.82) is 0 Å². The van der Waals surface area contributed by atoms with E-state index in [1.54, 1.807) is 0 Å². The molecular formula is C16H29N3O5. The van der Waals surface area contributed by atoms with Crippen LogP contribution in [-0.2, 0) is 19.1 Å². The minimum Gasteiger partial charge on any atom is -0.481 e. The molecule has 1 unspecified atom stereocenters. The molecule has 1 rings (SSSR count). The van der Waals surface area contributed by atoms with Gasteiger partial charge in [-0.05, 0) is 24.2 Å². The monoisotopic (exact) mass is 343 g/mol. The van der Waals surface area contributed by atoms with Gasteiger partial charge in [-0.2, -0.15) is 0 Å². The van der Waals surface area contributed by atoms with E-state index in [-0.39, 0.29) is 24.0 Å². The van der Waals surface area contributed by atoms with Crippen molar-refractivity contribution in [2.45, 2.75) is 58.2 Å². The lowest BCUT2D eigenvalue weighted by atomic mass is 9.83. The maximum atomic E-state index is 12.5. The zero-order chi connectivity index (χ0) is 18.5. The maximum absolute atomic E-state index is 12.5. The van der Waals surface area contributed by atoms with Gasteiger partial charge in [0.2, 0.25) is 11.8 Å². The van der Waals surface area contributed by atoms with Crippen LogP contribution < -0.4 is 16.4 Å². The number of hydrogen-bond donors (Lipinski definition) is 4. The van der Waals surface area contributed by atoms with Gasteiger partial charge in [0.05, 0.1) is 19.1 Å². The van der Waals surface area contributed by atoms with Crippen LogP contribution in [0.1, 0.15) is 40.0 Å². The van der Waals surface area contributed by atoms with E-state index in [1.807, 2.05) is 0 Å². The zero-order valence-electron chi connectivity index (χ0n) is 14.8. The van der Waals surface area contributed by atoms with Crippen LogP contribution in [0.3, 0.4) is 0 Å². The number of nitrogens with one attached hydrogen (secondary N) is 2. The molecule has 0 radical (unpaired) electrons. The summed E-state index contributed by atoms with van der Waals surface area (Å²) < 4.78 is 5.00. The lowest BCUT2D eigenvalue weighted by Crippen LogP contribution is -2.57. The third-order valence-corrected chi connectivity index (χ3v) is 4.02. The Bertz CT molecular complexity index is 471. The summed E-state index contributed by atoms with van der Waals surface area (Å²) in [4.78, 5) is 35.1. The molecule has 24 heavy (non-hydrogen) atoms. The van der Waals surface area contributed by atoms with E-state index in [0.29, 0.717) is 5.92 Å². The number of aliphatic carboxylic acids is 1. The number of nitrogens with two attached hydrogens (primary N) is 1. The van der Waals surface area contributed by atoms with Crippen LogP contribution >= 0.6 is 0 Å². The Kier molecular flexibility index (Phi) is 7.16. The Morgan fingerprint density at radius 1 is 1.21 bits per heavy atom. The molecule has 0 saturated heterocycles. The second-order valence-electron chi connectivity index (χ2n) is 7.41. The van der Waals surface area contributed by atoms with Gasteiger partial charge in [0.1, 0.15) is 6.04 Å². The predicted octanol–water partition coefficient (Wildman–Crippen LogP) is -0.139. The first-order valence-electron chi connectivity index (χ1n) is 8.13. The number of ether oxygens (including phenoxy) is 1. The zero-order valence-corrected chi connectivity index (χ0v) is 14.8. The van der Waals surface area contributed by atoms with Crippen LogP contribution in [0.25, 0.3) is 0 Å². The highest BCUT2D eigenvalue weighted by molar-refractivity contribution is 5.91. The van der Waals surface area contributed by atoms with Crippen molar-refractivity contribution in [3.63, 3.8) is 0 Å². The highest BCUT2D eigenvalue weighted by Gasteiger charge is 2.40. The van der Waals surface area contributed by atoms with Gasteiger partial charge >= 0.3 is 5.97 Å². The molecule has 8 nitrogen and oxygen atoms in total. The predicted molar refractivity (Wildman–Crippen MR) is 88.1 cm³/mol. The minimum absolute atomic E-state index is 0.00829. The number of carbonyl (C=O) groups excluding carboxylic acids is 2. The lowest BCUT2D eigenvalue weighted by molar-refractivity contribution is -0.139. The van der Waals surface area contributed by atoms with Gasteiger partial charge in [0.15, 0.2) is 0 Å². The number of rotatable bonds is 9. The molecular weight excluding hydrogens is 314 g/mol. The SMILES string of the molecule is COC[C@H](NC(=O)[C@@H](N)CC(=O)O)C(=O)NC(C1CC1)C(C)(C)C. The normalized spacial score (nSPS) is 18.4. The number of methoxy groups -OCH3 is 1. The van der Waals surface area contributed by atoms with Crippen LogP contribution in [0.15, 0.2) is 0 Å². The van der Waals surface area contributed by atoms with E-state index in [0.717, 1.165) is 12.8 Å². The Hall–Kier alpha value is -1.67. The quantitative estimate of drug-likeness (QED) is 0.461. The van der Waals surface area contributed by atoms with Crippen LogP contribution in [0.5, 0.6) is 0 Å². The summed E-state index contributed by atoms with van der Waals surface area (Å²) in [6.45, 7) is 6.16. The Morgan fingerprint density at radius 3 is 2.21 bits per heavy atom.